The normalized spacial score (nSPS) is 11.4. The minimum Gasteiger partial charge on any atom is -0.391 e. The Morgan fingerprint density at radius 3 is 2.40 bits per heavy atom. The van der Waals surface area contributed by atoms with Gasteiger partial charge in [-0.05, 0) is 67.6 Å². The Morgan fingerprint density at radius 2 is 1.72 bits per heavy atom. The number of nitrogens with zero attached hydrogens (tertiary/aromatic N) is 3. The molecule has 0 atom stereocenters. The molecule has 0 radical (unpaired) electrons. The fraction of sp³-hybridized carbons (Fsp3) is 0.333. The van der Waals surface area contributed by atoms with Crippen LogP contribution >= 0.6 is 0 Å². The van der Waals surface area contributed by atoms with E-state index < -0.39 is 0 Å². The van der Waals surface area contributed by atoms with Crippen molar-refractivity contribution in [2.75, 3.05) is 14.1 Å². The molecule has 25 heavy (non-hydrogen) atoms. The van der Waals surface area contributed by atoms with E-state index in [-0.39, 0.29) is 0 Å². The lowest BCUT2D eigenvalue weighted by molar-refractivity contribution is 0.131. The van der Waals surface area contributed by atoms with Crippen LogP contribution in [0.25, 0.3) is 0 Å². The summed E-state index contributed by atoms with van der Waals surface area (Å²) in [5.41, 5.74) is 7.89. The molecule has 0 unspecified atom stereocenters. The van der Waals surface area contributed by atoms with Crippen LogP contribution in [0.1, 0.15) is 33.4 Å². The molecule has 0 N–H and O–H groups in total. The van der Waals surface area contributed by atoms with Gasteiger partial charge < -0.3 is 9.74 Å². The molecule has 2 aromatic carbocycles. The van der Waals surface area contributed by atoms with E-state index in [1.54, 1.807) is 6.21 Å². The van der Waals surface area contributed by atoms with Crippen molar-refractivity contribution in [3.63, 3.8) is 0 Å². The Bertz CT molecular complexity index is 792. The second kappa shape index (κ2) is 8.47. The quantitative estimate of drug-likeness (QED) is 0.435. The Balaban J connectivity index is 2.04. The largest absolute Gasteiger partial charge is 0.391 e. The molecule has 0 aliphatic carbocycles. The standard InChI is InChI=1S/C21H27N3O/c1-15-7-8-19(16(2)9-15)13-25-23-12-20-10-18(4)21(11-17(20)3)22-14-24(5)6/h7-12,14H,13H2,1-6H3. The molecular formula is C21H27N3O. The highest BCUT2D eigenvalue weighted by atomic mass is 16.6. The first kappa shape index (κ1) is 18.7. The van der Waals surface area contributed by atoms with Gasteiger partial charge in [0.25, 0.3) is 0 Å². The smallest absolute Gasteiger partial charge is 0.142 e. The lowest BCUT2D eigenvalue weighted by atomic mass is 10.0. The highest BCUT2D eigenvalue weighted by molar-refractivity contribution is 5.83. The van der Waals surface area contributed by atoms with Crippen LogP contribution in [0, 0.1) is 27.7 Å². The van der Waals surface area contributed by atoms with Crippen LogP contribution in [-0.4, -0.2) is 31.5 Å². The average molecular weight is 337 g/mol. The van der Waals surface area contributed by atoms with Gasteiger partial charge in [0.15, 0.2) is 0 Å². The molecule has 0 aromatic heterocycles. The number of benzene rings is 2. The first-order chi connectivity index (χ1) is 11.9. The highest BCUT2D eigenvalue weighted by Crippen LogP contribution is 2.22. The molecule has 0 saturated heterocycles. The Hall–Kier alpha value is -2.62. The zero-order valence-electron chi connectivity index (χ0n) is 16.0. The van der Waals surface area contributed by atoms with Crippen LogP contribution in [0.3, 0.4) is 0 Å². The molecule has 0 spiro atoms. The van der Waals surface area contributed by atoms with E-state index in [9.17, 15) is 0 Å². The monoisotopic (exact) mass is 337 g/mol. The lowest BCUT2D eigenvalue weighted by Gasteiger charge is -2.08. The summed E-state index contributed by atoms with van der Waals surface area (Å²) in [7, 11) is 3.92. The van der Waals surface area contributed by atoms with Crippen LogP contribution in [0.5, 0.6) is 0 Å². The van der Waals surface area contributed by atoms with Gasteiger partial charge in [-0.1, -0.05) is 28.9 Å². The van der Waals surface area contributed by atoms with Crippen LogP contribution < -0.4 is 0 Å². The summed E-state index contributed by atoms with van der Waals surface area (Å²) in [5, 5.41) is 4.13. The van der Waals surface area contributed by atoms with Crippen LogP contribution in [0.2, 0.25) is 0 Å². The van der Waals surface area contributed by atoms with Crippen LogP contribution in [0.15, 0.2) is 40.5 Å². The van der Waals surface area contributed by atoms with Gasteiger partial charge in [-0.2, -0.15) is 0 Å². The predicted octanol–water partition coefficient (Wildman–Crippen LogP) is 4.69. The molecule has 0 amide bonds. The Kier molecular flexibility index (Phi) is 6.34. The second-order valence-corrected chi connectivity index (χ2v) is 6.64. The number of rotatable bonds is 6. The third kappa shape index (κ3) is 5.45. The van der Waals surface area contributed by atoms with E-state index in [0.717, 1.165) is 27.9 Å². The first-order valence-electron chi connectivity index (χ1n) is 8.40. The molecule has 2 aromatic rings. The van der Waals surface area contributed by atoms with E-state index in [1.165, 1.54) is 11.1 Å². The summed E-state index contributed by atoms with van der Waals surface area (Å²) in [5.74, 6) is 0. The summed E-state index contributed by atoms with van der Waals surface area (Å²) in [4.78, 5) is 11.9. The van der Waals surface area contributed by atoms with Crippen molar-refractivity contribution in [1.82, 2.24) is 4.90 Å². The van der Waals surface area contributed by atoms with Crippen LogP contribution in [0.4, 0.5) is 5.69 Å². The zero-order valence-corrected chi connectivity index (χ0v) is 16.0. The maximum atomic E-state index is 5.48. The van der Waals surface area contributed by atoms with Crippen molar-refractivity contribution < 1.29 is 4.84 Å². The molecule has 0 heterocycles. The third-order valence-corrected chi connectivity index (χ3v) is 4.00. The summed E-state index contributed by atoms with van der Waals surface area (Å²) in [6, 6.07) is 10.5. The molecule has 0 aliphatic rings. The highest BCUT2D eigenvalue weighted by Gasteiger charge is 2.03. The summed E-state index contributed by atoms with van der Waals surface area (Å²) in [6.07, 6.45) is 3.58. The fourth-order valence-electron chi connectivity index (χ4n) is 2.49. The van der Waals surface area contributed by atoms with E-state index in [2.05, 4.69) is 68.2 Å². The maximum Gasteiger partial charge on any atom is 0.142 e. The maximum absolute atomic E-state index is 5.48. The van der Waals surface area contributed by atoms with Crippen molar-refractivity contribution in [3.8, 4) is 0 Å². The van der Waals surface area contributed by atoms with Crippen molar-refractivity contribution >= 4 is 18.2 Å². The minimum absolute atomic E-state index is 0.478. The average Bonchev–Trinajstić information content (AvgIpc) is 2.54. The van der Waals surface area contributed by atoms with Gasteiger partial charge in [0.2, 0.25) is 0 Å². The Morgan fingerprint density at radius 1 is 0.960 bits per heavy atom. The van der Waals surface area contributed by atoms with Crippen molar-refractivity contribution in [1.29, 1.82) is 0 Å². The summed E-state index contributed by atoms with van der Waals surface area (Å²) in [6.45, 7) is 8.77. The topological polar surface area (TPSA) is 37.2 Å². The molecule has 0 fully saturated rings. The third-order valence-electron chi connectivity index (χ3n) is 4.00. The first-order valence-corrected chi connectivity index (χ1v) is 8.40. The van der Waals surface area contributed by atoms with E-state index in [4.69, 9.17) is 4.84 Å². The molecule has 0 bridgehead atoms. The number of aryl methyl sites for hydroxylation is 4. The van der Waals surface area contributed by atoms with E-state index in [1.807, 2.05) is 25.3 Å². The van der Waals surface area contributed by atoms with Gasteiger partial charge in [0, 0.05) is 14.1 Å². The van der Waals surface area contributed by atoms with Gasteiger partial charge >= 0.3 is 0 Å². The molecule has 0 saturated carbocycles. The van der Waals surface area contributed by atoms with Gasteiger partial charge in [-0.25, -0.2) is 4.99 Å². The van der Waals surface area contributed by atoms with Crippen molar-refractivity contribution in [2.24, 2.45) is 10.1 Å². The van der Waals surface area contributed by atoms with Gasteiger partial charge in [-0.3, -0.25) is 0 Å². The second-order valence-electron chi connectivity index (χ2n) is 6.64. The predicted molar refractivity (Wildman–Crippen MR) is 106 cm³/mol. The molecule has 4 heteroatoms. The van der Waals surface area contributed by atoms with E-state index >= 15 is 0 Å². The lowest BCUT2D eigenvalue weighted by Crippen LogP contribution is -2.07. The summed E-state index contributed by atoms with van der Waals surface area (Å²) < 4.78 is 0. The number of aliphatic imine (C=N–C) groups is 1. The molecule has 0 aliphatic heterocycles. The van der Waals surface area contributed by atoms with Crippen LogP contribution in [-0.2, 0) is 11.4 Å². The molecule has 4 nitrogen and oxygen atoms in total. The fourth-order valence-corrected chi connectivity index (χ4v) is 2.49. The van der Waals surface area contributed by atoms with Gasteiger partial charge in [0.05, 0.1) is 18.2 Å². The SMILES string of the molecule is Cc1ccc(CON=Cc2cc(C)c(N=CN(C)C)cc2C)c(C)c1. The molecular weight excluding hydrogens is 310 g/mol. The van der Waals surface area contributed by atoms with Gasteiger partial charge in [0.1, 0.15) is 6.61 Å². The van der Waals surface area contributed by atoms with Crippen molar-refractivity contribution in [2.45, 2.75) is 34.3 Å². The Labute approximate surface area is 150 Å². The minimum atomic E-state index is 0.478. The zero-order chi connectivity index (χ0) is 18.4. The number of hydrogen-bond donors (Lipinski definition) is 0. The molecule has 132 valence electrons. The molecule has 2 rings (SSSR count). The number of hydrogen-bond acceptors (Lipinski definition) is 3. The number of oxime groups is 1. The van der Waals surface area contributed by atoms with Crippen molar-refractivity contribution in [3.05, 3.63) is 63.7 Å². The van der Waals surface area contributed by atoms with Gasteiger partial charge in [-0.15, -0.1) is 0 Å². The van der Waals surface area contributed by atoms with E-state index in [0.29, 0.717) is 6.61 Å². The summed E-state index contributed by atoms with van der Waals surface area (Å²) >= 11 is 0.